The van der Waals surface area contributed by atoms with Gasteiger partial charge in [-0.15, -0.1) is 0 Å². The maximum Gasteiger partial charge on any atom is 0.261 e. The maximum absolute atomic E-state index is 13.3. The summed E-state index contributed by atoms with van der Waals surface area (Å²) in [6.07, 6.45) is 0.801. The standard InChI is InChI=1S/C27H34N4O4/c1-4-24(26-28-23-13-9-8-12-22(23)27(33)31(26)16-17-34-3)29-14-15-30(20(2)18-29)25(32)19-35-21-10-6-5-7-11-21/h5-13,20,24H,4,14-19H2,1-3H3. The third kappa shape index (κ3) is 5.55. The van der Waals surface area contributed by atoms with Gasteiger partial charge in [0.2, 0.25) is 0 Å². The third-order valence-electron chi connectivity index (χ3n) is 6.62. The van der Waals surface area contributed by atoms with Crippen LogP contribution in [0.15, 0.2) is 59.4 Å². The largest absolute Gasteiger partial charge is 0.484 e. The molecule has 1 fully saturated rings. The van der Waals surface area contributed by atoms with E-state index in [1.54, 1.807) is 11.7 Å². The predicted octanol–water partition coefficient (Wildman–Crippen LogP) is 3.11. The first kappa shape index (κ1) is 24.9. The zero-order valence-corrected chi connectivity index (χ0v) is 20.7. The van der Waals surface area contributed by atoms with E-state index in [9.17, 15) is 9.59 Å². The Morgan fingerprint density at radius 1 is 1.11 bits per heavy atom. The number of hydrogen-bond acceptors (Lipinski definition) is 6. The van der Waals surface area contributed by atoms with Gasteiger partial charge in [-0.3, -0.25) is 19.1 Å². The molecular formula is C27H34N4O4. The number of nitrogens with zero attached hydrogens (tertiary/aromatic N) is 4. The van der Waals surface area contributed by atoms with E-state index < -0.39 is 0 Å². The molecule has 4 rings (SSSR count). The van der Waals surface area contributed by atoms with Crippen LogP contribution in [-0.2, 0) is 16.1 Å². The van der Waals surface area contributed by atoms with Gasteiger partial charge in [0.05, 0.1) is 30.1 Å². The fraction of sp³-hybridized carbons (Fsp3) is 0.444. The van der Waals surface area contributed by atoms with Crippen molar-refractivity contribution in [2.45, 2.75) is 38.9 Å². The summed E-state index contributed by atoms with van der Waals surface area (Å²) in [5.41, 5.74) is 0.667. The highest BCUT2D eigenvalue weighted by molar-refractivity contribution is 5.78. The summed E-state index contributed by atoms with van der Waals surface area (Å²) in [6, 6.07) is 16.8. The summed E-state index contributed by atoms with van der Waals surface area (Å²) in [5.74, 6) is 1.43. The highest BCUT2D eigenvalue weighted by Gasteiger charge is 2.33. The molecule has 2 aromatic carbocycles. The monoisotopic (exact) mass is 478 g/mol. The minimum absolute atomic E-state index is 0.0178. The number of rotatable bonds is 9. The van der Waals surface area contributed by atoms with Crippen LogP contribution >= 0.6 is 0 Å². The van der Waals surface area contributed by atoms with Crippen molar-refractivity contribution in [3.8, 4) is 5.75 Å². The Bertz CT molecular complexity index is 1200. The summed E-state index contributed by atoms with van der Waals surface area (Å²) >= 11 is 0. The van der Waals surface area contributed by atoms with Crippen molar-refractivity contribution in [3.05, 3.63) is 70.8 Å². The van der Waals surface area contributed by atoms with Gasteiger partial charge in [0, 0.05) is 32.8 Å². The van der Waals surface area contributed by atoms with E-state index >= 15 is 0 Å². The van der Waals surface area contributed by atoms with Gasteiger partial charge >= 0.3 is 0 Å². The van der Waals surface area contributed by atoms with Gasteiger partial charge in [-0.1, -0.05) is 37.3 Å². The van der Waals surface area contributed by atoms with Gasteiger partial charge in [-0.25, -0.2) is 4.98 Å². The van der Waals surface area contributed by atoms with Crippen LogP contribution in [0.3, 0.4) is 0 Å². The van der Waals surface area contributed by atoms with Crippen molar-refractivity contribution in [1.29, 1.82) is 0 Å². The summed E-state index contributed by atoms with van der Waals surface area (Å²) in [4.78, 5) is 35.4. The fourth-order valence-corrected chi connectivity index (χ4v) is 4.83. The summed E-state index contributed by atoms with van der Waals surface area (Å²) in [5, 5.41) is 0.615. The smallest absolute Gasteiger partial charge is 0.261 e. The molecule has 2 atom stereocenters. The first-order valence-electron chi connectivity index (χ1n) is 12.2. The van der Waals surface area contributed by atoms with Crippen LogP contribution in [0.4, 0.5) is 0 Å². The van der Waals surface area contributed by atoms with Gasteiger partial charge in [0.15, 0.2) is 6.61 Å². The number of ether oxygens (including phenoxy) is 2. The Labute approximate surface area is 206 Å². The van der Waals surface area contributed by atoms with E-state index in [0.29, 0.717) is 49.4 Å². The van der Waals surface area contributed by atoms with E-state index in [-0.39, 0.29) is 30.2 Å². The number of aromatic nitrogens is 2. The molecule has 1 aliphatic heterocycles. The molecule has 0 N–H and O–H groups in total. The number of hydrogen-bond donors (Lipinski definition) is 0. The molecule has 1 aliphatic rings. The summed E-state index contributed by atoms with van der Waals surface area (Å²) in [6.45, 7) is 7.08. The van der Waals surface area contributed by atoms with Crippen LogP contribution in [0, 0.1) is 0 Å². The van der Waals surface area contributed by atoms with Crippen molar-refractivity contribution < 1.29 is 14.3 Å². The topological polar surface area (TPSA) is 76.9 Å². The van der Waals surface area contributed by atoms with Crippen LogP contribution in [0.5, 0.6) is 5.75 Å². The van der Waals surface area contributed by atoms with Gasteiger partial charge in [-0.05, 0) is 37.6 Å². The van der Waals surface area contributed by atoms with Gasteiger partial charge in [-0.2, -0.15) is 0 Å². The molecular weight excluding hydrogens is 444 g/mol. The number of benzene rings is 2. The van der Waals surface area contributed by atoms with Crippen LogP contribution in [0.25, 0.3) is 10.9 Å². The second kappa shape index (κ2) is 11.5. The molecule has 0 radical (unpaired) electrons. The van der Waals surface area contributed by atoms with E-state index in [0.717, 1.165) is 12.2 Å². The van der Waals surface area contributed by atoms with Crippen LogP contribution in [0.1, 0.15) is 32.1 Å². The molecule has 186 valence electrons. The number of piperazine rings is 1. The Kier molecular flexibility index (Phi) is 8.15. The normalized spacial score (nSPS) is 17.5. The van der Waals surface area contributed by atoms with Gasteiger partial charge in [0.1, 0.15) is 11.6 Å². The lowest BCUT2D eigenvalue weighted by Crippen LogP contribution is -2.56. The van der Waals surface area contributed by atoms with E-state index in [1.165, 1.54) is 0 Å². The molecule has 0 aliphatic carbocycles. The van der Waals surface area contributed by atoms with Crippen molar-refractivity contribution in [2.75, 3.05) is 40.0 Å². The Balaban J connectivity index is 1.52. The number of carbonyl (C=O) groups excluding carboxylic acids is 1. The molecule has 2 heterocycles. The zero-order chi connectivity index (χ0) is 24.8. The van der Waals surface area contributed by atoms with Gasteiger partial charge < -0.3 is 14.4 Å². The number of para-hydroxylation sites is 2. The Morgan fingerprint density at radius 3 is 2.57 bits per heavy atom. The predicted molar refractivity (Wildman–Crippen MR) is 136 cm³/mol. The lowest BCUT2D eigenvalue weighted by molar-refractivity contribution is -0.138. The van der Waals surface area contributed by atoms with Crippen LogP contribution in [0.2, 0.25) is 0 Å². The number of fused-ring (bicyclic) bond motifs is 1. The van der Waals surface area contributed by atoms with E-state index in [1.807, 2.05) is 59.5 Å². The highest BCUT2D eigenvalue weighted by Crippen LogP contribution is 2.26. The zero-order valence-electron chi connectivity index (χ0n) is 20.7. The van der Waals surface area contributed by atoms with E-state index in [2.05, 4.69) is 18.7 Å². The van der Waals surface area contributed by atoms with E-state index in [4.69, 9.17) is 14.5 Å². The average Bonchev–Trinajstić information content (AvgIpc) is 2.88. The first-order chi connectivity index (χ1) is 17.0. The minimum Gasteiger partial charge on any atom is -0.484 e. The minimum atomic E-state index is -0.0407. The maximum atomic E-state index is 13.3. The third-order valence-corrected chi connectivity index (χ3v) is 6.62. The molecule has 2 unspecified atom stereocenters. The fourth-order valence-electron chi connectivity index (χ4n) is 4.83. The number of amides is 1. The molecule has 8 nitrogen and oxygen atoms in total. The molecule has 1 amide bonds. The summed E-state index contributed by atoms with van der Waals surface area (Å²) < 4.78 is 12.7. The highest BCUT2D eigenvalue weighted by atomic mass is 16.5. The molecule has 0 bridgehead atoms. The molecule has 1 aromatic heterocycles. The second-order valence-corrected chi connectivity index (χ2v) is 8.89. The quantitative estimate of drug-likeness (QED) is 0.470. The van der Waals surface area contributed by atoms with Crippen molar-refractivity contribution in [1.82, 2.24) is 19.4 Å². The van der Waals surface area contributed by atoms with Crippen molar-refractivity contribution in [3.63, 3.8) is 0 Å². The first-order valence-corrected chi connectivity index (χ1v) is 12.2. The molecule has 1 saturated heterocycles. The molecule has 0 saturated carbocycles. The van der Waals surface area contributed by atoms with Crippen LogP contribution in [-0.4, -0.2) is 71.3 Å². The number of methoxy groups -OCH3 is 1. The van der Waals surface area contributed by atoms with Crippen molar-refractivity contribution >= 4 is 16.8 Å². The molecule has 3 aromatic rings. The lowest BCUT2D eigenvalue weighted by Gasteiger charge is -2.43. The van der Waals surface area contributed by atoms with Crippen molar-refractivity contribution in [2.24, 2.45) is 0 Å². The molecule has 35 heavy (non-hydrogen) atoms. The SMILES string of the molecule is CCC(c1nc2ccccc2c(=O)n1CCOC)N1CCN(C(=O)COc2ccccc2)C(C)C1. The Morgan fingerprint density at radius 2 is 1.86 bits per heavy atom. The molecule has 8 heteroatoms. The van der Waals surface area contributed by atoms with Gasteiger partial charge in [0.25, 0.3) is 11.5 Å². The Hall–Kier alpha value is -3.23. The average molecular weight is 479 g/mol. The summed E-state index contributed by atoms with van der Waals surface area (Å²) in [7, 11) is 1.63. The lowest BCUT2D eigenvalue weighted by atomic mass is 10.1. The number of carbonyl (C=O) groups is 1. The molecule has 0 spiro atoms. The van der Waals surface area contributed by atoms with Crippen LogP contribution < -0.4 is 10.3 Å². The second-order valence-electron chi connectivity index (χ2n) is 8.89.